The molecule has 0 saturated carbocycles. The predicted molar refractivity (Wildman–Crippen MR) is 225 cm³/mol. The minimum atomic E-state index is -0.615. The Bertz CT molecular complexity index is 1160. The Labute approximate surface area is 355 Å². The zero-order valence-electron chi connectivity index (χ0n) is 35.3. The van der Waals surface area contributed by atoms with Crippen molar-refractivity contribution in [1.82, 2.24) is 0 Å². The van der Waals surface area contributed by atoms with Crippen molar-refractivity contribution in [3.05, 3.63) is 54.4 Å². The number of ether oxygens (including phenoxy) is 4. The van der Waals surface area contributed by atoms with Crippen LogP contribution in [0.15, 0.2) is 36.4 Å². The quantitative estimate of drug-likeness (QED) is 0.0539. The van der Waals surface area contributed by atoms with Crippen LogP contribution in [0.4, 0.5) is 0 Å². The molecule has 7 nitrogen and oxygen atoms in total. The number of ketones is 1. The Morgan fingerprint density at radius 2 is 1.42 bits per heavy atom. The van der Waals surface area contributed by atoms with Gasteiger partial charge in [-0.2, -0.15) is 16.3 Å². The van der Waals surface area contributed by atoms with Crippen LogP contribution in [-0.2, 0) is 22.4 Å². The van der Waals surface area contributed by atoms with E-state index in [0.29, 0.717) is 23.7 Å². The first-order chi connectivity index (χ1) is 24.1. The molecule has 3 atom stereocenters. The van der Waals surface area contributed by atoms with Gasteiger partial charge in [0, 0.05) is 12.8 Å². The maximum Gasteiger partial charge on any atom is 2.00 e. The number of carbonyl (C=O) groups is 1. The van der Waals surface area contributed by atoms with E-state index < -0.39 is 5.60 Å². The van der Waals surface area contributed by atoms with E-state index >= 15 is 0 Å². The summed E-state index contributed by atoms with van der Waals surface area (Å²) in [5.41, 5.74) is 1.54. The third-order valence-corrected chi connectivity index (χ3v) is 9.01. The number of methoxy groups -OCH3 is 2. The van der Waals surface area contributed by atoms with E-state index in [1.807, 2.05) is 37.3 Å². The van der Waals surface area contributed by atoms with Crippen molar-refractivity contribution in [1.29, 1.82) is 0 Å². The van der Waals surface area contributed by atoms with Gasteiger partial charge in [0.05, 0.1) is 26.4 Å². The SMILES string of the molecule is CCCCCCCCC(C)(O)CCc1ccc(O)c(OC)c1.COc1cc(CCC(C)=O)ccc1OC1CCCCO1.P.[3H-].[Br-].[CH2-]CCCCCCC.[Mg+2]. The van der Waals surface area contributed by atoms with E-state index in [0.717, 1.165) is 75.5 Å². The van der Waals surface area contributed by atoms with E-state index in [2.05, 4.69) is 20.8 Å². The summed E-state index contributed by atoms with van der Waals surface area (Å²) in [4.78, 5) is 11.0. The number of hydrogen-bond acceptors (Lipinski definition) is 7. The van der Waals surface area contributed by atoms with Crippen LogP contribution in [-0.4, -0.2) is 71.8 Å². The average Bonchev–Trinajstić information content (AvgIpc) is 3.12. The van der Waals surface area contributed by atoms with Gasteiger partial charge >= 0.3 is 23.1 Å². The van der Waals surface area contributed by atoms with E-state index in [1.165, 1.54) is 64.2 Å². The van der Waals surface area contributed by atoms with Gasteiger partial charge < -0.3 is 59.3 Å². The van der Waals surface area contributed by atoms with Gasteiger partial charge in [-0.1, -0.05) is 96.6 Å². The molecule has 1 fully saturated rings. The number of carbonyl (C=O) groups excluding carboxylic acids is 1. The van der Waals surface area contributed by atoms with Crippen LogP contribution in [0.5, 0.6) is 23.0 Å². The van der Waals surface area contributed by atoms with Crippen molar-refractivity contribution in [2.45, 2.75) is 168 Å². The number of hydrogen-bond donors (Lipinski definition) is 2. The largest absolute Gasteiger partial charge is 2.00 e. The van der Waals surface area contributed by atoms with Crippen LogP contribution in [0, 0.1) is 6.92 Å². The van der Waals surface area contributed by atoms with Gasteiger partial charge in [0.2, 0.25) is 0 Å². The molecule has 1 heterocycles. The minimum absolute atomic E-state index is 0. The van der Waals surface area contributed by atoms with E-state index in [-0.39, 0.29) is 69.2 Å². The number of aliphatic hydroxyl groups is 1. The molecule has 2 aromatic rings. The summed E-state index contributed by atoms with van der Waals surface area (Å²) < 4.78 is 21.9. The molecule has 1 aliphatic heterocycles. The van der Waals surface area contributed by atoms with Gasteiger partial charge in [0.1, 0.15) is 5.78 Å². The third-order valence-electron chi connectivity index (χ3n) is 9.01. The number of benzene rings is 2. The number of halogens is 1. The van der Waals surface area contributed by atoms with E-state index in [4.69, 9.17) is 18.9 Å². The number of unbranched alkanes of at least 4 members (excludes halogenated alkanes) is 10. The van der Waals surface area contributed by atoms with Gasteiger partial charge in [-0.05, 0) is 87.8 Å². The number of aromatic hydroxyl groups is 1. The smallest absolute Gasteiger partial charge is 1.00 e. The number of Topliss-reactive ketones (excluding diaryl/α,β-unsaturated/α-hetero) is 1. The predicted octanol–water partition coefficient (Wildman–Crippen LogP) is 7.93. The Hall–Kier alpha value is -1.09. The molecule has 53 heavy (non-hydrogen) atoms. The summed E-state index contributed by atoms with van der Waals surface area (Å²) >= 11 is 0. The fourth-order valence-electron chi connectivity index (χ4n) is 5.71. The second-order valence-electron chi connectivity index (χ2n) is 13.9. The Kier molecular flexibility index (Phi) is 37.5. The maximum atomic E-state index is 11.0. The molecule has 1 saturated heterocycles. The Morgan fingerprint density at radius 1 is 0.849 bits per heavy atom. The minimum Gasteiger partial charge on any atom is -1.00 e. The molecule has 0 radical (unpaired) electrons. The summed E-state index contributed by atoms with van der Waals surface area (Å²) in [6.07, 6.45) is 22.1. The van der Waals surface area contributed by atoms with Crippen LogP contribution in [0.2, 0.25) is 0 Å². The number of rotatable bonds is 22. The van der Waals surface area contributed by atoms with Crippen LogP contribution in [0.25, 0.3) is 0 Å². The summed E-state index contributed by atoms with van der Waals surface area (Å²) in [5.74, 6) is 2.24. The Balaban J connectivity index is -0.000000364. The molecule has 0 spiro atoms. The molecule has 0 amide bonds. The second-order valence-corrected chi connectivity index (χ2v) is 13.9. The van der Waals surface area contributed by atoms with Crippen LogP contribution >= 0.6 is 9.90 Å². The molecule has 0 aromatic heterocycles. The summed E-state index contributed by atoms with van der Waals surface area (Å²) in [7, 11) is 3.17. The summed E-state index contributed by atoms with van der Waals surface area (Å²) in [6.45, 7) is 12.5. The zero-order valence-corrected chi connectivity index (χ0v) is 38.7. The van der Waals surface area contributed by atoms with Crippen molar-refractivity contribution in [2.75, 3.05) is 20.8 Å². The van der Waals surface area contributed by atoms with Crippen LogP contribution in [0.3, 0.4) is 0 Å². The molecule has 10 heteroatoms. The topological polar surface area (TPSA) is 94.5 Å². The number of phenolic OH excluding ortho intramolecular Hbond substituents is 1. The van der Waals surface area contributed by atoms with Gasteiger partial charge in [0.15, 0.2) is 29.3 Å². The van der Waals surface area contributed by atoms with Gasteiger partial charge in [-0.25, -0.2) is 0 Å². The zero-order chi connectivity index (χ0) is 37.0. The van der Waals surface area contributed by atoms with Gasteiger partial charge in [0.25, 0.3) is 0 Å². The molecule has 0 aliphatic carbocycles. The van der Waals surface area contributed by atoms with Gasteiger partial charge in [-0.15, -0.1) is 0 Å². The second kappa shape index (κ2) is 35.3. The first kappa shape index (κ1) is 56.2. The number of aryl methyl sites for hydroxylation is 2. The van der Waals surface area contributed by atoms with Crippen molar-refractivity contribution in [3.8, 4) is 23.0 Å². The fourth-order valence-corrected chi connectivity index (χ4v) is 5.71. The molecule has 1 aliphatic rings. The first-order valence-electron chi connectivity index (χ1n) is 19.4. The molecular formula is C43H75BrMgO7P-. The van der Waals surface area contributed by atoms with Crippen molar-refractivity contribution >= 4 is 38.7 Å². The maximum absolute atomic E-state index is 11.0. The average molecular weight is 841 g/mol. The van der Waals surface area contributed by atoms with Crippen LogP contribution < -0.4 is 31.2 Å². The van der Waals surface area contributed by atoms with Gasteiger partial charge in [-0.3, -0.25) is 0 Å². The summed E-state index contributed by atoms with van der Waals surface area (Å²) in [5, 5.41) is 20.1. The molecule has 2 N–H and O–H groups in total. The normalized spacial score (nSPS) is 14.2. The molecule has 3 unspecified atom stereocenters. The molecule has 2 aromatic carbocycles. The summed E-state index contributed by atoms with van der Waals surface area (Å²) in [6, 6.07) is 11.2. The fraction of sp³-hybridized carbons (Fsp3) is 0.674. The van der Waals surface area contributed by atoms with Crippen molar-refractivity contribution in [3.63, 3.8) is 0 Å². The molecule has 304 valence electrons. The van der Waals surface area contributed by atoms with Crippen molar-refractivity contribution in [2.24, 2.45) is 0 Å². The van der Waals surface area contributed by atoms with Crippen molar-refractivity contribution < 1.29 is 52.4 Å². The van der Waals surface area contributed by atoms with E-state index in [1.54, 1.807) is 27.2 Å². The molecule has 0 bridgehead atoms. The van der Waals surface area contributed by atoms with Crippen LogP contribution in [0.1, 0.15) is 156 Å². The van der Waals surface area contributed by atoms with E-state index in [9.17, 15) is 15.0 Å². The molecule has 3 rings (SSSR count). The first-order valence-corrected chi connectivity index (χ1v) is 19.4. The monoisotopic (exact) mass is 839 g/mol. The number of phenols is 1. The molecular weight excluding hydrogens is 764 g/mol. The standard InChI is InChI=1S/C19H32O3.C16H22O4.C8H17.BrH.Mg.H3P.H/c1-4-5-6-7-8-9-13-19(2,21)14-12-16-10-11-17(20)18(15-16)22-3;1-12(17)6-7-13-8-9-14(15(11-13)18-2)20-16-5-3-4-10-19-16;1-3-5-7-8-6-4-2;;;;/h10-11,15,20-21H,4-9,12-14H2,1-3H3;8-9,11,16H,3-7,10H2,1-2H3;1,3-8H2,2H3;1H;;1H3;/q;;-1;;+2;;-1/p-1/i;;;;;;1+2. The third kappa shape index (κ3) is 28.0. The Morgan fingerprint density at radius 3 is 1.98 bits per heavy atom.